The molecule has 0 aliphatic carbocycles. The Morgan fingerprint density at radius 3 is 2.61 bits per heavy atom. The molecule has 0 aliphatic heterocycles. The van der Waals surface area contributed by atoms with Crippen molar-refractivity contribution in [3.8, 4) is 5.88 Å². The van der Waals surface area contributed by atoms with Crippen LogP contribution in [0.15, 0.2) is 0 Å². The maximum absolute atomic E-state index is 5.96. The van der Waals surface area contributed by atoms with Gasteiger partial charge in [-0.15, -0.1) is 0 Å². The summed E-state index contributed by atoms with van der Waals surface area (Å²) in [7, 11) is 1.58. The monoisotopic (exact) mass is 252 g/mol. The fourth-order valence-corrected chi connectivity index (χ4v) is 1.62. The molecule has 1 rings (SSSR count). The number of anilines is 2. The Labute approximate surface area is 109 Å². The molecule has 0 unspecified atom stereocenters. The van der Waals surface area contributed by atoms with E-state index in [0.717, 1.165) is 31.6 Å². The third-order valence-electron chi connectivity index (χ3n) is 2.56. The molecule has 5 nitrogen and oxygen atoms in total. The Bertz CT molecular complexity index is 379. The summed E-state index contributed by atoms with van der Waals surface area (Å²) >= 11 is 0. The van der Waals surface area contributed by atoms with E-state index in [9.17, 15) is 0 Å². The summed E-state index contributed by atoms with van der Waals surface area (Å²) in [4.78, 5) is 8.79. The van der Waals surface area contributed by atoms with Gasteiger partial charge < -0.3 is 15.8 Å². The van der Waals surface area contributed by atoms with Crippen LogP contribution in [-0.2, 0) is 6.42 Å². The minimum Gasteiger partial charge on any atom is -0.479 e. The fourth-order valence-electron chi connectivity index (χ4n) is 1.62. The second kappa shape index (κ2) is 7.03. The number of aromatic nitrogens is 2. The zero-order chi connectivity index (χ0) is 13.5. The number of nitrogen functional groups attached to an aromatic ring is 1. The van der Waals surface area contributed by atoms with Crippen molar-refractivity contribution in [3.05, 3.63) is 5.82 Å². The van der Waals surface area contributed by atoms with Crippen LogP contribution in [0.5, 0.6) is 5.88 Å². The molecule has 0 saturated heterocycles. The van der Waals surface area contributed by atoms with Gasteiger partial charge in [-0.2, -0.15) is 4.98 Å². The summed E-state index contributed by atoms with van der Waals surface area (Å²) < 4.78 is 5.20. The van der Waals surface area contributed by atoms with Crippen LogP contribution in [0.3, 0.4) is 0 Å². The van der Waals surface area contributed by atoms with Gasteiger partial charge in [-0.3, -0.25) is 0 Å². The fraction of sp³-hybridized carbons (Fsp3) is 0.692. The molecule has 0 radical (unpaired) electrons. The Morgan fingerprint density at radius 1 is 1.33 bits per heavy atom. The molecule has 0 aromatic carbocycles. The molecule has 0 amide bonds. The highest BCUT2D eigenvalue weighted by molar-refractivity contribution is 5.66. The van der Waals surface area contributed by atoms with E-state index in [4.69, 9.17) is 10.5 Å². The van der Waals surface area contributed by atoms with Gasteiger partial charge in [0.1, 0.15) is 11.5 Å². The highest BCUT2D eigenvalue weighted by atomic mass is 16.5. The van der Waals surface area contributed by atoms with Crippen LogP contribution in [0, 0.1) is 5.92 Å². The number of nitrogens with zero attached hydrogens (tertiary/aromatic N) is 2. The van der Waals surface area contributed by atoms with Gasteiger partial charge in [-0.1, -0.05) is 27.2 Å². The van der Waals surface area contributed by atoms with Crippen molar-refractivity contribution < 1.29 is 4.74 Å². The molecule has 0 atom stereocenters. The molecule has 0 bridgehead atoms. The van der Waals surface area contributed by atoms with Gasteiger partial charge in [0.05, 0.1) is 7.11 Å². The Kier molecular flexibility index (Phi) is 5.68. The van der Waals surface area contributed by atoms with E-state index in [-0.39, 0.29) is 0 Å². The topological polar surface area (TPSA) is 73.1 Å². The summed E-state index contributed by atoms with van der Waals surface area (Å²) in [6, 6.07) is 0. The second-order valence-corrected chi connectivity index (χ2v) is 4.79. The predicted molar refractivity (Wildman–Crippen MR) is 74.9 cm³/mol. The lowest BCUT2D eigenvalue weighted by Crippen LogP contribution is -2.11. The summed E-state index contributed by atoms with van der Waals surface area (Å²) in [5.41, 5.74) is 6.45. The minimum absolute atomic E-state index is 0.458. The molecule has 5 heteroatoms. The van der Waals surface area contributed by atoms with Crippen LogP contribution >= 0.6 is 0 Å². The average Bonchev–Trinajstić information content (AvgIpc) is 2.32. The number of hydrogen-bond acceptors (Lipinski definition) is 5. The Hall–Kier alpha value is -1.52. The minimum atomic E-state index is 0.458. The Balaban J connectivity index is 2.91. The molecule has 3 N–H and O–H groups in total. The Morgan fingerprint density at radius 2 is 2.06 bits per heavy atom. The molecule has 0 saturated carbocycles. The van der Waals surface area contributed by atoms with E-state index in [1.54, 1.807) is 7.11 Å². The first-order valence-electron chi connectivity index (χ1n) is 6.52. The molecule has 0 aliphatic rings. The van der Waals surface area contributed by atoms with Crippen LogP contribution in [-0.4, -0.2) is 23.6 Å². The van der Waals surface area contributed by atoms with Gasteiger partial charge in [-0.05, 0) is 12.3 Å². The maximum atomic E-state index is 5.96. The molecule has 0 spiro atoms. The summed E-state index contributed by atoms with van der Waals surface area (Å²) in [5, 5.41) is 3.25. The molecule has 102 valence electrons. The lowest BCUT2D eigenvalue weighted by atomic mass is 10.1. The second-order valence-electron chi connectivity index (χ2n) is 4.79. The summed E-state index contributed by atoms with van der Waals surface area (Å²) in [5.74, 6) is 2.42. The van der Waals surface area contributed by atoms with Gasteiger partial charge >= 0.3 is 0 Å². The van der Waals surface area contributed by atoms with Crippen LogP contribution in [0.25, 0.3) is 0 Å². The van der Waals surface area contributed by atoms with Gasteiger partial charge in [0.15, 0.2) is 5.82 Å². The van der Waals surface area contributed by atoms with E-state index in [2.05, 4.69) is 36.1 Å². The zero-order valence-electron chi connectivity index (χ0n) is 11.8. The lowest BCUT2D eigenvalue weighted by Gasteiger charge is -2.13. The van der Waals surface area contributed by atoms with Crippen molar-refractivity contribution in [2.45, 2.75) is 40.0 Å². The van der Waals surface area contributed by atoms with Crippen LogP contribution in [0.4, 0.5) is 11.5 Å². The molecule has 1 aromatic heterocycles. The quantitative estimate of drug-likeness (QED) is 0.729. The molecule has 1 aromatic rings. The summed E-state index contributed by atoms with van der Waals surface area (Å²) in [6.45, 7) is 7.28. The molecule has 0 fully saturated rings. The number of hydrogen-bond donors (Lipinski definition) is 2. The number of unbranched alkanes of at least 4 members (excludes halogenated alkanes) is 1. The lowest BCUT2D eigenvalue weighted by molar-refractivity contribution is 0.396. The molecule has 1 heterocycles. The van der Waals surface area contributed by atoms with Gasteiger partial charge in [0.25, 0.3) is 0 Å². The first kappa shape index (κ1) is 14.5. The van der Waals surface area contributed by atoms with Crippen LogP contribution < -0.4 is 15.8 Å². The standard InChI is InChI=1S/C13H24N4O/c1-5-6-7-15-12-11(14)13(18-4)17-10(16-12)8-9(2)3/h9H,5-8,14H2,1-4H3,(H,15,16,17). The predicted octanol–water partition coefficient (Wildman–Crippen LogP) is 2.48. The van der Waals surface area contributed by atoms with E-state index in [1.165, 1.54) is 0 Å². The van der Waals surface area contributed by atoms with Crippen molar-refractivity contribution in [3.63, 3.8) is 0 Å². The SMILES string of the molecule is CCCCNc1nc(CC(C)C)nc(OC)c1N. The third kappa shape index (κ3) is 4.05. The highest BCUT2D eigenvalue weighted by Gasteiger charge is 2.12. The first-order chi connectivity index (χ1) is 8.58. The van der Waals surface area contributed by atoms with Gasteiger partial charge in [-0.25, -0.2) is 4.98 Å². The van der Waals surface area contributed by atoms with E-state index < -0.39 is 0 Å². The van der Waals surface area contributed by atoms with Crippen LogP contribution in [0.2, 0.25) is 0 Å². The van der Waals surface area contributed by atoms with E-state index in [0.29, 0.717) is 23.3 Å². The van der Waals surface area contributed by atoms with Gasteiger partial charge in [0.2, 0.25) is 5.88 Å². The van der Waals surface area contributed by atoms with Crippen molar-refractivity contribution >= 4 is 11.5 Å². The normalized spacial score (nSPS) is 10.7. The first-order valence-corrected chi connectivity index (χ1v) is 6.52. The van der Waals surface area contributed by atoms with Crippen molar-refractivity contribution in [1.82, 2.24) is 9.97 Å². The zero-order valence-corrected chi connectivity index (χ0v) is 11.8. The van der Waals surface area contributed by atoms with E-state index in [1.807, 2.05) is 0 Å². The summed E-state index contributed by atoms with van der Waals surface area (Å²) in [6.07, 6.45) is 3.04. The maximum Gasteiger partial charge on any atom is 0.242 e. The van der Waals surface area contributed by atoms with Gasteiger partial charge in [0, 0.05) is 13.0 Å². The van der Waals surface area contributed by atoms with Crippen molar-refractivity contribution in [2.24, 2.45) is 5.92 Å². The molecule has 18 heavy (non-hydrogen) atoms. The number of methoxy groups -OCH3 is 1. The highest BCUT2D eigenvalue weighted by Crippen LogP contribution is 2.26. The number of nitrogens with one attached hydrogen (secondary N) is 1. The van der Waals surface area contributed by atoms with E-state index >= 15 is 0 Å². The number of ether oxygens (including phenoxy) is 1. The third-order valence-corrected chi connectivity index (χ3v) is 2.56. The van der Waals surface area contributed by atoms with Crippen molar-refractivity contribution in [2.75, 3.05) is 24.7 Å². The number of rotatable bonds is 7. The molecular formula is C13H24N4O. The average molecular weight is 252 g/mol. The number of nitrogens with two attached hydrogens (primary N) is 1. The smallest absolute Gasteiger partial charge is 0.242 e. The molecular weight excluding hydrogens is 228 g/mol. The van der Waals surface area contributed by atoms with Crippen LogP contribution in [0.1, 0.15) is 39.4 Å². The largest absolute Gasteiger partial charge is 0.479 e. The van der Waals surface area contributed by atoms with Crippen molar-refractivity contribution in [1.29, 1.82) is 0 Å².